The molecule has 2 atom stereocenters. The van der Waals surface area contributed by atoms with E-state index in [9.17, 15) is 0 Å². The highest BCUT2D eigenvalue weighted by molar-refractivity contribution is 5.85. The predicted octanol–water partition coefficient (Wildman–Crippen LogP) is 2.48. The van der Waals surface area contributed by atoms with Crippen LogP contribution in [0.15, 0.2) is 12.1 Å². The number of hydrogen-bond donors (Lipinski definition) is 1. The van der Waals surface area contributed by atoms with Gasteiger partial charge < -0.3 is 9.88 Å². The van der Waals surface area contributed by atoms with Crippen molar-refractivity contribution in [2.45, 2.75) is 25.2 Å². The molecule has 96 valence electrons. The fourth-order valence-corrected chi connectivity index (χ4v) is 3.51. The van der Waals surface area contributed by atoms with Gasteiger partial charge in [-0.1, -0.05) is 0 Å². The fraction of sp³-hybridized carbons (Fsp3) is 0.500. The topological polar surface area (TPSA) is 29.9 Å². The molecule has 1 aliphatic carbocycles. The molecule has 0 saturated carbocycles. The number of halogens is 1. The highest BCUT2D eigenvalue weighted by atomic mass is 35.5. The van der Waals surface area contributed by atoms with Crippen LogP contribution in [-0.4, -0.2) is 22.6 Å². The third kappa shape index (κ3) is 1.44. The minimum Gasteiger partial charge on any atom is -0.331 e. The first-order valence-corrected chi connectivity index (χ1v) is 6.41. The van der Waals surface area contributed by atoms with Gasteiger partial charge in [0.1, 0.15) is 5.82 Å². The number of benzene rings is 1. The second-order valence-corrected chi connectivity index (χ2v) is 5.48. The molecule has 1 saturated heterocycles. The van der Waals surface area contributed by atoms with Crippen molar-refractivity contribution < 1.29 is 0 Å². The number of aromatic nitrogens is 2. The Balaban J connectivity index is 0.000001000. The van der Waals surface area contributed by atoms with Gasteiger partial charge in [-0.25, -0.2) is 4.98 Å². The van der Waals surface area contributed by atoms with Crippen LogP contribution >= 0.6 is 12.4 Å². The lowest BCUT2D eigenvalue weighted by atomic mass is 9.98. The average molecular weight is 264 g/mol. The predicted molar refractivity (Wildman–Crippen MR) is 75.7 cm³/mol. The van der Waals surface area contributed by atoms with E-state index in [2.05, 4.69) is 41.0 Å². The van der Waals surface area contributed by atoms with Crippen LogP contribution in [0.5, 0.6) is 0 Å². The Morgan fingerprint density at radius 2 is 1.89 bits per heavy atom. The zero-order valence-electron chi connectivity index (χ0n) is 10.7. The van der Waals surface area contributed by atoms with Gasteiger partial charge in [0.2, 0.25) is 0 Å². The van der Waals surface area contributed by atoms with E-state index >= 15 is 0 Å². The van der Waals surface area contributed by atoms with Gasteiger partial charge in [-0.15, -0.1) is 12.4 Å². The van der Waals surface area contributed by atoms with Crippen molar-refractivity contribution in [2.75, 3.05) is 13.1 Å². The molecular formula is C14H18ClN3. The van der Waals surface area contributed by atoms with E-state index in [-0.39, 0.29) is 12.4 Å². The lowest BCUT2D eigenvalue weighted by Gasteiger charge is -2.19. The van der Waals surface area contributed by atoms with Crippen molar-refractivity contribution in [3.05, 3.63) is 29.1 Å². The first-order chi connectivity index (χ1) is 8.24. The van der Waals surface area contributed by atoms with Crippen LogP contribution in [0.3, 0.4) is 0 Å². The molecule has 2 heterocycles. The number of nitrogens with one attached hydrogen (secondary N) is 1. The molecule has 0 amide bonds. The van der Waals surface area contributed by atoms with Crippen molar-refractivity contribution in [3.8, 4) is 0 Å². The van der Waals surface area contributed by atoms with Crippen LogP contribution in [-0.2, 0) is 7.05 Å². The number of aryl methyl sites for hydroxylation is 2. The summed E-state index contributed by atoms with van der Waals surface area (Å²) in [5.41, 5.74) is 5.56. The normalized spacial score (nSPS) is 25.0. The lowest BCUT2D eigenvalue weighted by Crippen LogP contribution is -2.28. The average Bonchev–Trinajstić information content (AvgIpc) is 2.75. The van der Waals surface area contributed by atoms with E-state index in [4.69, 9.17) is 0 Å². The monoisotopic (exact) mass is 263 g/mol. The molecule has 1 aliphatic heterocycles. The molecular weight excluding hydrogens is 246 g/mol. The van der Waals surface area contributed by atoms with Gasteiger partial charge in [-0.3, -0.25) is 0 Å². The molecule has 4 rings (SSSR count). The molecule has 1 fully saturated rings. The Labute approximate surface area is 113 Å². The number of piperidine rings is 1. The van der Waals surface area contributed by atoms with Crippen LogP contribution in [0.4, 0.5) is 0 Å². The molecule has 3 nitrogen and oxygen atoms in total. The van der Waals surface area contributed by atoms with Gasteiger partial charge in [0.15, 0.2) is 0 Å². The Kier molecular flexibility index (Phi) is 2.65. The molecule has 0 radical (unpaired) electrons. The number of rotatable bonds is 0. The van der Waals surface area contributed by atoms with Crippen LogP contribution in [0.25, 0.3) is 11.0 Å². The standard InChI is InChI=1S/C14H17N3.ClH/c1-8-16-13-4-11-9-3-10(7-15-6-9)12(11)5-14(13)17(8)2;/h4-5,9-10,15H,3,6-7H2,1-2H3;1H. The molecule has 4 heteroatoms. The molecule has 1 aromatic heterocycles. The van der Waals surface area contributed by atoms with Crippen LogP contribution in [0.2, 0.25) is 0 Å². The highest BCUT2D eigenvalue weighted by Gasteiger charge is 2.34. The number of nitrogens with zero attached hydrogens (tertiary/aromatic N) is 2. The van der Waals surface area contributed by atoms with Crippen molar-refractivity contribution in [1.82, 2.24) is 14.9 Å². The summed E-state index contributed by atoms with van der Waals surface area (Å²) in [5.74, 6) is 2.55. The zero-order valence-corrected chi connectivity index (χ0v) is 11.5. The van der Waals surface area contributed by atoms with Crippen molar-refractivity contribution in [3.63, 3.8) is 0 Å². The maximum Gasteiger partial charge on any atom is 0.106 e. The Morgan fingerprint density at radius 3 is 2.61 bits per heavy atom. The third-order valence-electron chi connectivity index (χ3n) is 4.54. The van der Waals surface area contributed by atoms with Gasteiger partial charge in [-0.2, -0.15) is 0 Å². The Bertz CT molecular complexity index is 617. The van der Waals surface area contributed by atoms with Crippen molar-refractivity contribution in [1.29, 1.82) is 0 Å². The van der Waals surface area contributed by atoms with E-state index in [1.165, 1.54) is 11.9 Å². The quantitative estimate of drug-likeness (QED) is 0.791. The molecule has 1 N–H and O–H groups in total. The highest BCUT2D eigenvalue weighted by Crippen LogP contribution is 2.44. The molecule has 2 bridgehead atoms. The number of fused-ring (bicyclic) bond motifs is 6. The second kappa shape index (κ2) is 3.97. The number of imidazole rings is 1. The van der Waals surface area contributed by atoms with E-state index in [1.54, 1.807) is 11.1 Å². The summed E-state index contributed by atoms with van der Waals surface area (Å²) in [4.78, 5) is 4.65. The summed E-state index contributed by atoms with van der Waals surface area (Å²) in [6.07, 6.45) is 1.33. The summed E-state index contributed by atoms with van der Waals surface area (Å²) in [7, 11) is 2.11. The molecule has 18 heavy (non-hydrogen) atoms. The maximum atomic E-state index is 4.65. The van der Waals surface area contributed by atoms with Crippen LogP contribution in [0, 0.1) is 6.92 Å². The molecule has 1 aromatic carbocycles. The lowest BCUT2D eigenvalue weighted by molar-refractivity contribution is 0.454. The van der Waals surface area contributed by atoms with E-state index in [0.717, 1.165) is 36.3 Å². The number of hydrogen-bond acceptors (Lipinski definition) is 2. The minimum absolute atomic E-state index is 0. The van der Waals surface area contributed by atoms with Gasteiger partial charge >= 0.3 is 0 Å². The largest absolute Gasteiger partial charge is 0.331 e. The zero-order chi connectivity index (χ0) is 11.6. The third-order valence-corrected chi connectivity index (χ3v) is 4.54. The van der Waals surface area contributed by atoms with E-state index < -0.39 is 0 Å². The first-order valence-electron chi connectivity index (χ1n) is 6.41. The van der Waals surface area contributed by atoms with Crippen LogP contribution in [0.1, 0.15) is 35.2 Å². The van der Waals surface area contributed by atoms with E-state index in [0.29, 0.717) is 0 Å². The Hall–Kier alpha value is -1.06. The SMILES string of the molecule is Cc1nc2cc3c(cc2n1C)C1CNCC3C1.Cl. The summed E-state index contributed by atoms with van der Waals surface area (Å²) < 4.78 is 2.20. The van der Waals surface area contributed by atoms with Crippen molar-refractivity contribution >= 4 is 23.4 Å². The van der Waals surface area contributed by atoms with E-state index in [1.807, 2.05) is 0 Å². The summed E-state index contributed by atoms with van der Waals surface area (Å²) in [5, 5.41) is 3.54. The Morgan fingerprint density at radius 1 is 1.22 bits per heavy atom. The molecule has 2 unspecified atom stereocenters. The van der Waals surface area contributed by atoms with Gasteiger partial charge in [-0.05, 0) is 48.4 Å². The fourth-order valence-electron chi connectivity index (χ4n) is 3.51. The van der Waals surface area contributed by atoms with Crippen LogP contribution < -0.4 is 5.32 Å². The molecule has 0 spiro atoms. The first kappa shape index (κ1) is 12.0. The molecule has 2 aliphatic rings. The van der Waals surface area contributed by atoms with Crippen molar-refractivity contribution in [2.24, 2.45) is 7.05 Å². The summed E-state index contributed by atoms with van der Waals surface area (Å²) >= 11 is 0. The smallest absolute Gasteiger partial charge is 0.106 e. The minimum atomic E-state index is 0. The van der Waals surface area contributed by atoms with Gasteiger partial charge in [0.05, 0.1) is 11.0 Å². The summed E-state index contributed by atoms with van der Waals surface area (Å²) in [6, 6.07) is 4.71. The van der Waals surface area contributed by atoms with Gasteiger partial charge in [0, 0.05) is 20.1 Å². The molecule has 2 aromatic rings. The second-order valence-electron chi connectivity index (χ2n) is 5.48. The maximum absolute atomic E-state index is 4.65. The van der Waals surface area contributed by atoms with Gasteiger partial charge in [0.25, 0.3) is 0 Å². The summed E-state index contributed by atoms with van der Waals surface area (Å²) in [6.45, 7) is 4.36.